The number of hydrogen-bond acceptors (Lipinski definition) is 13. The molecule has 0 aromatic carbocycles. The molecular weight excluding hydrogens is 562 g/mol. The third-order valence-corrected chi connectivity index (χ3v) is 9.29. The predicted molar refractivity (Wildman–Crippen MR) is 134 cm³/mol. The third kappa shape index (κ3) is 9.66. The van der Waals surface area contributed by atoms with Crippen LogP contribution in [0, 0.1) is 0 Å². The number of rotatable bonds is 13. The zero-order valence-electron chi connectivity index (χ0n) is 20.3. The van der Waals surface area contributed by atoms with Crippen LogP contribution in [0.4, 0.5) is 5.82 Å². The van der Waals surface area contributed by atoms with Gasteiger partial charge in [0, 0.05) is 6.20 Å². The fraction of sp³-hybridized carbons (Fsp3) is 0.765. The van der Waals surface area contributed by atoms with E-state index in [0.717, 1.165) is 4.57 Å². The second kappa shape index (κ2) is 12.1. The predicted octanol–water partition coefficient (Wildman–Crippen LogP) is 0.545. The molecule has 0 spiro atoms. The van der Waals surface area contributed by atoms with E-state index in [1.165, 1.54) is 23.1 Å². The van der Waals surface area contributed by atoms with Gasteiger partial charge in [-0.25, -0.2) is 13.9 Å². The topological polar surface area (TPSA) is 199 Å². The van der Waals surface area contributed by atoms with Crippen LogP contribution in [0.2, 0.25) is 0 Å². The van der Waals surface area contributed by atoms with Crippen molar-refractivity contribution in [2.24, 2.45) is 0 Å². The SMILES string of the molecule is CC(C)(Nc1ccn([C@@H]2O[C@H](COP(=O)(O)OP(=O)(O)OCC[N+](C)(C)C)C(O)C2O)c(=O)n1)SS. The van der Waals surface area contributed by atoms with Gasteiger partial charge < -0.3 is 34.5 Å². The molecule has 4 unspecified atom stereocenters. The number of aromatic nitrogens is 2. The van der Waals surface area contributed by atoms with Crippen LogP contribution >= 0.6 is 38.1 Å². The number of phosphoric ester groups is 2. The Kier molecular flexibility index (Phi) is 10.7. The molecule has 19 heteroatoms. The Balaban J connectivity index is 2.00. The van der Waals surface area contributed by atoms with Crippen molar-refractivity contribution >= 4 is 43.9 Å². The Morgan fingerprint density at radius 3 is 2.39 bits per heavy atom. The number of hydrogen-bond donors (Lipinski definition) is 6. The molecule has 1 saturated heterocycles. The summed E-state index contributed by atoms with van der Waals surface area (Å²) >= 11 is 4.13. The van der Waals surface area contributed by atoms with Crippen molar-refractivity contribution in [1.29, 1.82) is 0 Å². The highest BCUT2D eigenvalue weighted by molar-refractivity contribution is 8.69. The first kappa shape index (κ1) is 31.7. The Bertz CT molecular complexity index is 1050. The molecule has 1 fully saturated rings. The number of aliphatic hydroxyl groups is 2. The summed E-state index contributed by atoms with van der Waals surface area (Å²) < 4.78 is 44.5. The molecule has 2 rings (SSSR count). The summed E-state index contributed by atoms with van der Waals surface area (Å²) in [5.41, 5.74) is -0.804. The number of nitrogens with zero attached hydrogens (tertiary/aromatic N) is 3. The Hall–Kier alpha value is -0.520. The Morgan fingerprint density at radius 2 is 1.83 bits per heavy atom. The second-order valence-electron chi connectivity index (χ2n) is 9.44. The summed E-state index contributed by atoms with van der Waals surface area (Å²) in [6, 6.07) is 1.45. The number of phosphoric acid groups is 2. The Labute approximate surface area is 217 Å². The molecule has 6 atom stereocenters. The molecule has 1 aromatic rings. The number of aliphatic hydroxyl groups excluding tert-OH is 2. The van der Waals surface area contributed by atoms with Crippen molar-refractivity contribution in [3.63, 3.8) is 0 Å². The van der Waals surface area contributed by atoms with Crippen molar-refractivity contribution in [2.75, 3.05) is 46.2 Å². The fourth-order valence-corrected chi connectivity index (χ4v) is 5.23. The molecule has 36 heavy (non-hydrogen) atoms. The molecule has 1 aliphatic heterocycles. The summed E-state index contributed by atoms with van der Waals surface area (Å²) in [5, 5.41) is 23.6. The minimum Gasteiger partial charge on any atom is -0.387 e. The maximum absolute atomic E-state index is 12.5. The van der Waals surface area contributed by atoms with Gasteiger partial charge >= 0.3 is 21.3 Å². The molecule has 208 valence electrons. The maximum atomic E-state index is 12.5. The maximum Gasteiger partial charge on any atom is 0.481 e. The van der Waals surface area contributed by atoms with E-state index in [0.29, 0.717) is 11.0 Å². The molecule has 1 aliphatic rings. The van der Waals surface area contributed by atoms with Crippen LogP contribution in [-0.2, 0) is 27.2 Å². The van der Waals surface area contributed by atoms with Crippen LogP contribution in [0.15, 0.2) is 17.1 Å². The number of thiol groups is 1. The van der Waals surface area contributed by atoms with Gasteiger partial charge in [0.05, 0.1) is 32.6 Å². The Morgan fingerprint density at radius 1 is 1.22 bits per heavy atom. The lowest BCUT2D eigenvalue weighted by molar-refractivity contribution is -0.870. The highest BCUT2D eigenvalue weighted by Crippen LogP contribution is 2.60. The average molecular weight is 596 g/mol. The van der Waals surface area contributed by atoms with Crippen LogP contribution in [0.1, 0.15) is 20.1 Å². The summed E-state index contributed by atoms with van der Waals surface area (Å²) in [4.78, 5) is 35.3. The van der Waals surface area contributed by atoms with Crippen LogP contribution in [-0.4, -0.2) is 98.1 Å². The third-order valence-electron chi connectivity index (χ3n) is 4.72. The summed E-state index contributed by atoms with van der Waals surface area (Å²) in [6.45, 7) is 2.88. The normalized spacial score (nSPS) is 26.4. The second-order valence-corrected chi connectivity index (χ2v) is 14.2. The fourth-order valence-electron chi connectivity index (χ4n) is 2.88. The van der Waals surface area contributed by atoms with E-state index < -0.39 is 57.4 Å². The van der Waals surface area contributed by atoms with Gasteiger partial charge in [0.2, 0.25) is 0 Å². The van der Waals surface area contributed by atoms with Gasteiger partial charge in [-0.15, -0.1) is 11.7 Å². The lowest BCUT2D eigenvalue weighted by Gasteiger charge is -2.24. The van der Waals surface area contributed by atoms with Gasteiger partial charge in [0.1, 0.15) is 37.3 Å². The van der Waals surface area contributed by atoms with E-state index in [1.807, 2.05) is 13.8 Å². The number of quaternary nitrogens is 1. The van der Waals surface area contributed by atoms with Gasteiger partial charge in [-0.1, -0.05) is 10.8 Å². The number of anilines is 1. The van der Waals surface area contributed by atoms with E-state index in [-0.39, 0.29) is 12.4 Å². The minimum absolute atomic E-state index is 0.238. The molecule has 15 nitrogen and oxygen atoms in total. The lowest BCUT2D eigenvalue weighted by atomic mass is 10.1. The largest absolute Gasteiger partial charge is 0.481 e. The quantitative estimate of drug-likeness (QED) is 0.0607. The summed E-state index contributed by atoms with van der Waals surface area (Å²) in [5.74, 6) is 0.242. The van der Waals surface area contributed by atoms with Crippen molar-refractivity contribution in [3.8, 4) is 0 Å². The van der Waals surface area contributed by atoms with Crippen LogP contribution in [0.25, 0.3) is 0 Å². The highest BCUT2D eigenvalue weighted by atomic mass is 33.1. The smallest absolute Gasteiger partial charge is 0.387 e. The van der Waals surface area contributed by atoms with E-state index in [9.17, 15) is 33.9 Å². The van der Waals surface area contributed by atoms with Crippen molar-refractivity contribution in [1.82, 2.24) is 9.55 Å². The number of nitrogens with one attached hydrogen (secondary N) is 1. The van der Waals surface area contributed by atoms with E-state index in [4.69, 9.17) is 4.74 Å². The van der Waals surface area contributed by atoms with Crippen LogP contribution in [0.3, 0.4) is 0 Å². The highest BCUT2D eigenvalue weighted by Gasteiger charge is 2.46. The van der Waals surface area contributed by atoms with Gasteiger partial charge in [0.15, 0.2) is 6.23 Å². The first-order chi connectivity index (χ1) is 16.3. The average Bonchev–Trinajstić information content (AvgIpc) is 2.98. The van der Waals surface area contributed by atoms with E-state index in [1.54, 1.807) is 21.1 Å². The van der Waals surface area contributed by atoms with Crippen LogP contribution < -0.4 is 11.0 Å². The zero-order chi connectivity index (χ0) is 27.5. The van der Waals surface area contributed by atoms with Gasteiger partial charge in [-0.05, 0) is 19.9 Å². The standard InChI is InChI=1S/C17H32N4O11P2S2/c1-17(2,36-35)19-12-6-7-20(16(24)18-12)15-14(23)13(22)11(31-15)10-30-34(27,28)32-33(25,26)29-9-8-21(3,4)5/h6-7,11,13-15,22-23H,8-10H2,1-5H3,(H3-,18,19,24,25,26,27,28,35)/p+1/t11-,13?,14?,15-/m1/s1. The molecule has 0 amide bonds. The van der Waals surface area contributed by atoms with E-state index >= 15 is 0 Å². The van der Waals surface area contributed by atoms with Gasteiger partial charge in [-0.3, -0.25) is 13.6 Å². The molecule has 1 aromatic heterocycles. The molecular formula is C17H33N4O11P2S2+. The van der Waals surface area contributed by atoms with Gasteiger partial charge in [0.25, 0.3) is 0 Å². The number of ether oxygens (including phenoxy) is 1. The van der Waals surface area contributed by atoms with Crippen molar-refractivity contribution in [3.05, 3.63) is 22.7 Å². The monoisotopic (exact) mass is 595 g/mol. The zero-order valence-corrected chi connectivity index (χ0v) is 23.8. The first-order valence-electron chi connectivity index (χ1n) is 10.5. The molecule has 0 radical (unpaired) electrons. The van der Waals surface area contributed by atoms with Crippen LogP contribution in [0.5, 0.6) is 0 Å². The van der Waals surface area contributed by atoms with E-state index in [2.05, 4.69) is 35.3 Å². The summed E-state index contributed by atoms with van der Waals surface area (Å²) in [7, 11) is -3.46. The molecule has 0 bridgehead atoms. The molecule has 2 heterocycles. The lowest BCUT2D eigenvalue weighted by Crippen LogP contribution is -2.37. The molecule has 0 saturated carbocycles. The first-order valence-corrected chi connectivity index (χ1v) is 15.4. The number of likely N-dealkylation sites (N-methyl/N-ethyl adjacent to an activating group) is 1. The summed E-state index contributed by atoms with van der Waals surface area (Å²) in [6.07, 6.45) is -4.76. The minimum atomic E-state index is -5.14. The van der Waals surface area contributed by atoms with Gasteiger partial charge in [-0.2, -0.15) is 9.29 Å². The molecule has 0 aliphatic carbocycles. The van der Waals surface area contributed by atoms with Crippen molar-refractivity contribution in [2.45, 2.75) is 43.3 Å². The molecule has 5 N–H and O–H groups in total. The van der Waals surface area contributed by atoms with Crippen molar-refractivity contribution < 1.29 is 51.7 Å².